The van der Waals surface area contributed by atoms with Crippen molar-refractivity contribution >= 4 is 12.0 Å². The molecule has 3 heteroatoms. The molecule has 114 valence electrons. The molecule has 0 saturated carbocycles. The van der Waals surface area contributed by atoms with Crippen LogP contribution in [0.4, 0.5) is 0 Å². The predicted molar refractivity (Wildman–Crippen MR) is 89.2 cm³/mol. The van der Waals surface area contributed by atoms with Crippen molar-refractivity contribution in [2.45, 2.75) is 6.54 Å². The van der Waals surface area contributed by atoms with Crippen LogP contribution in [0.15, 0.2) is 66.7 Å². The van der Waals surface area contributed by atoms with Gasteiger partial charge in [0.05, 0.1) is 6.61 Å². The monoisotopic (exact) mass is 295 g/mol. The lowest BCUT2D eigenvalue weighted by molar-refractivity contribution is -0.127. The van der Waals surface area contributed by atoms with Gasteiger partial charge in [-0.05, 0) is 17.2 Å². The molecule has 1 amide bonds. The van der Waals surface area contributed by atoms with E-state index in [1.54, 1.807) is 18.1 Å². The van der Waals surface area contributed by atoms with Gasteiger partial charge in [-0.15, -0.1) is 0 Å². The van der Waals surface area contributed by atoms with Gasteiger partial charge >= 0.3 is 0 Å². The molecular formula is C19H21NO2. The second-order valence-electron chi connectivity index (χ2n) is 4.98. The van der Waals surface area contributed by atoms with Crippen molar-refractivity contribution in [2.24, 2.45) is 0 Å². The predicted octanol–water partition coefficient (Wildman–Crippen LogP) is 3.38. The Kier molecular flexibility index (Phi) is 6.39. The van der Waals surface area contributed by atoms with Crippen LogP contribution in [0.1, 0.15) is 11.1 Å². The van der Waals surface area contributed by atoms with E-state index >= 15 is 0 Å². The summed E-state index contributed by atoms with van der Waals surface area (Å²) in [5.41, 5.74) is 2.13. The molecule has 0 fully saturated rings. The van der Waals surface area contributed by atoms with Gasteiger partial charge in [0.15, 0.2) is 0 Å². The molecular weight excluding hydrogens is 274 g/mol. The summed E-state index contributed by atoms with van der Waals surface area (Å²) >= 11 is 0. The number of ether oxygens (including phenoxy) is 1. The van der Waals surface area contributed by atoms with E-state index in [1.165, 1.54) is 0 Å². The topological polar surface area (TPSA) is 29.5 Å². The Hall–Kier alpha value is -2.39. The van der Waals surface area contributed by atoms with Crippen LogP contribution in [0.2, 0.25) is 0 Å². The lowest BCUT2D eigenvalue weighted by Crippen LogP contribution is -2.32. The van der Waals surface area contributed by atoms with Gasteiger partial charge in [-0.1, -0.05) is 60.7 Å². The summed E-state index contributed by atoms with van der Waals surface area (Å²) in [6, 6.07) is 19.8. The summed E-state index contributed by atoms with van der Waals surface area (Å²) in [5.74, 6) is -0.00949. The lowest BCUT2D eigenvalue weighted by Gasteiger charge is -2.21. The Labute approximate surface area is 131 Å². The Bertz CT molecular complexity index is 593. The third kappa shape index (κ3) is 5.19. The fourth-order valence-corrected chi connectivity index (χ4v) is 2.11. The molecule has 0 spiro atoms. The Morgan fingerprint density at radius 2 is 1.68 bits per heavy atom. The molecule has 2 aromatic rings. The van der Waals surface area contributed by atoms with Crippen molar-refractivity contribution in [3.63, 3.8) is 0 Å². The van der Waals surface area contributed by atoms with Crippen molar-refractivity contribution in [1.29, 1.82) is 0 Å². The molecule has 0 saturated heterocycles. The van der Waals surface area contributed by atoms with Gasteiger partial charge in [-0.2, -0.15) is 0 Å². The van der Waals surface area contributed by atoms with Gasteiger partial charge < -0.3 is 9.64 Å². The van der Waals surface area contributed by atoms with Crippen LogP contribution < -0.4 is 0 Å². The number of carbonyl (C=O) groups excluding carboxylic acids is 1. The highest BCUT2D eigenvalue weighted by Gasteiger charge is 2.10. The summed E-state index contributed by atoms with van der Waals surface area (Å²) < 4.78 is 5.10. The molecule has 0 aliphatic carbocycles. The van der Waals surface area contributed by atoms with Crippen LogP contribution in [0.25, 0.3) is 6.08 Å². The molecule has 0 atom stereocenters. The SMILES string of the molecule is COCCN(Cc1ccccc1)C(=O)/C=C/c1ccccc1. The maximum absolute atomic E-state index is 12.4. The maximum atomic E-state index is 12.4. The summed E-state index contributed by atoms with van der Waals surface area (Å²) in [5, 5.41) is 0. The molecule has 2 aromatic carbocycles. The summed E-state index contributed by atoms with van der Waals surface area (Å²) in [4.78, 5) is 14.2. The minimum Gasteiger partial charge on any atom is -0.383 e. The molecule has 0 aromatic heterocycles. The number of nitrogens with zero attached hydrogens (tertiary/aromatic N) is 1. The number of amides is 1. The van der Waals surface area contributed by atoms with Crippen molar-refractivity contribution in [2.75, 3.05) is 20.3 Å². The molecule has 0 bridgehead atoms. The van der Waals surface area contributed by atoms with Crippen LogP contribution in [-0.4, -0.2) is 31.1 Å². The van der Waals surface area contributed by atoms with Gasteiger partial charge in [-0.3, -0.25) is 4.79 Å². The smallest absolute Gasteiger partial charge is 0.246 e. The van der Waals surface area contributed by atoms with Crippen molar-refractivity contribution in [3.05, 3.63) is 77.9 Å². The van der Waals surface area contributed by atoms with Crippen LogP contribution in [-0.2, 0) is 16.1 Å². The molecule has 0 aliphatic rings. The van der Waals surface area contributed by atoms with E-state index in [-0.39, 0.29) is 5.91 Å². The Morgan fingerprint density at radius 3 is 2.32 bits per heavy atom. The van der Waals surface area contributed by atoms with E-state index in [9.17, 15) is 4.79 Å². The largest absolute Gasteiger partial charge is 0.383 e. The van der Waals surface area contributed by atoms with Crippen molar-refractivity contribution in [1.82, 2.24) is 4.90 Å². The van der Waals surface area contributed by atoms with Gasteiger partial charge in [0.25, 0.3) is 0 Å². The van der Waals surface area contributed by atoms with Crippen LogP contribution in [0, 0.1) is 0 Å². The second-order valence-corrected chi connectivity index (χ2v) is 4.98. The molecule has 0 heterocycles. The zero-order chi connectivity index (χ0) is 15.6. The van der Waals surface area contributed by atoms with E-state index in [0.29, 0.717) is 19.7 Å². The minimum absolute atomic E-state index is 0.00949. The molecule has 0 N–H and O–H groups in total. The first-order valence-electron chi connectivity index (χ1n) is 7.34. The number of carbonyl (C=O) groups is 1. The second kappa shape index (κ2) is 8.80. The zero-order valence-electron chi connectivity index (χ0n) is 12.8. The quantitative estimate of drug-likeness (QED) is 0.733. The molecule has 22 heavy (non-hydrogen) atoms. The standard InChI is InChI=1S/C19H21NO2/c1-22-15-14-20(16-18-10-6-3-7-11-18)19(21)13-12-17-8-4-2-5-9-17/h2-13H,14-16H2,1H3/b13-12+. The highest BCUT2D eigenvalue weighted by atomic mass is 16.5. The Balaban J connectivity index is 2.04. The van der Waals surface area contributed by atoms with Crippen LogP contribution >= 0.6 is 0 Å². The fraction of sp³-hybridized carbons (Fsp3) is 0.211. The first-order chi connectivity index (χ1) is 10.8. The third-order valence-corrected chi connectivity index (χ3v) is 3.31. The van der Waals surface area contributed by atoms with Crippen LogP contribution in [0.5, 0.6) is 0 Å². The van der Waals surface area contributed by atoms with Gasteiger partial charge in [-0.25, -0.2) is 0 Å². The molecule has 0 aliphatic heterocycles. The van der Waals surface area contributed by atoms with E-state index in [1.807, 2.05) is 66.7 Å². The van der Waals surface area contributed by atoms with E-state index in [0.717, 1.165) is 11.1 Å². The number of methoxy groups -OCH3 is 1. The van der Waals surface area contributed by atoms with Gasteiger partial charge in [0.1, 0.15) is 0 Å². The van der Waals surface area contributed by atoms with E-state index < -0.39 is 0 Å². The maximum Gasteiger partial charge on any atom is 0.246 e. The summed E-state index contributed by atoms with van der Waals surface area (Å²) in [7, 11) is 1.64. The molecule has 2 rings (SSSR count). The minimum atomic E-state index is -0.00949. The van der Waals surface area contributed by atoms with E-state index in [4.69, 9.17) is 4.74 Å². The molecule has 0 radical (unpaired) electrons. The normalized spacial score (nSPS) is 10.8. The number of rotatable bonds is 7. The zero-order valence-corrected chi connectivity index (χ0v) is 12.8. The highest BCUT2D eigenvalue weighted by Crippen LogP contribution is 2.07. The van der Waals surface area contributed by atoms with Crippen molar-refractivity contribution in [3.8, 4) is 0 Å². The number of hydrogen-bond donors (Lipinski definition) is 0. The van der Waals surface area contributed by atoms with E-state index in [2.05, 4.69) is 0 Å². The Morgan fingerprint density at radius 1 is 1.05 bits per heavy atom. The van der Waals surface area contributed by atoms with Crippen molar-refractivity contribution < 1.29 is 9.53 Å². The summed E-state index contributed by atoms with van der Waals surface area (Å²) in [6.45, 7) is 1.68. The average molecular weight is 295 g/mol. The summed E-state index contributed by atoms with van der Waals surface area (Å²) in [6.07, 6.45) is 3.46. The van der Waals surface area contributed by atoms with Gasteiger partial charge in [0, 0.05) is 26.3 Å². The van der Waals surface area contributed by atoms with Gasteiger partial charge in [0.2, 0.25) is 5.91 Å². The molecule has 0 unspecified atom stereocenters. The average Bonchev–Trinajstić information content (AvgIpc) is 2.58. The molecule has 3 nitrogen and oxygen atoms in total. The first kappa shape index (κ1) is 16.0. The first-order valence-corrected chi connectivity index (χ1v) is 7.34. The number of benzene rings is 2. The fourth-order valence-electron chi connectivity index (χ4n) is 2.11. The highest BCUT2D eigenvalue weighted by molar-refractivity contribution is 5.91. The lowest BCUT2D eigenvalue weighted by atomic mass is 10.2. The third-order valence-electron chi connectivity index (χ3n) is 3.31. The van der Waals surface area contributed by atoms with Crippen LogP contribution in [0.3, 0.4) is 0 Å². The number of hydrogen-bond acceptors (Lipinski definition) is 2.